The standard InChI is InChI=1S/C20H24N4O2.HI/c1-4-13-22-20(21-5-2)24-15-16-11-12-19(23-14-16)26-18-10-8-7-9-17(18)25-6-3;/h1,7-12,14H,5-6,13,15H2,2-3H3,(H2,21,22,24);1H. The lowest BCUT2D eigenvalue weighted by molar-refractivity contribution is 0.319. The lowest BCUT2D eigenvalue weighted by atomic mass is 10.3. The molecule has 0 amide bonds. The second-order valence-electron chi connectivity index (χ2n) is 5.24. The van der Waals surface area contributed by atoms with Gasteiger partial charge in [0.25, 0.3) is 0 Å². The van der Waals surface area contributed by atoms with E-state index in [2.05, 4.69) is 26.5 Å². The summed E-state index contributed by atoms with van der Waals surface area (Å²) < 4.78 is 11.4. The van der Waals surface area contributed by atoms with E-state index in [4.69, 9.17) is 15.9 Å². The Labute approximate surface area is 177 Å². The van der Waals surface area contributed by atoms with E-state index in [-0.39, 0.29) is 24.0 Å². The summed E-state index contributed by atoms with van der Waals surface area (Å²) in [6, 6.07) is 11.3. The van der Waals surface area contributed by atoms with Gasteiger partial charge in [-0.05, 0) is 31.5 Å². The summed E-state index contributed by atoms with van der Waals surface area (Å²) in [5.41, 5.74) is 0.966. The molecule has 0 aliphatic rings. The molecule has 1 aromatic carbocycles. The fraction of sp³-hybridized carbons (Fsp3) is 0.300. The van der Waals surface area contributed by atoms with E-state index in [9.17, 15) is 0 Å². The summed E-state index contributed by atoms with van der Waals surface area (Å²) in [7, 11) is 0. The Morgan fingerprint density at radius 2 is 1.93 bits per heavy atom. The quantitative estimate of drug-likeness (QED) is 0.262. The van der Waals surface area contributed by atoms with Gasteiger partial charge in [-0.25, -0.2) is 9.98 Å². The average molecular weight is 480 g/mol. The zero-order chi connectivity index (χ0) is 18.6. The van der Waals surface area contributed by atoms with E-state index in [0.29, 0.717) is 43.0 Å². The van der Waals surface area contributed by atoms with Crippen LogP contribution in [0, 0.1) is 12.3 Å². The highest BCUT2D eigenvalue weighted by molar-refractivity contribution is 14.0. The Bertz CT molecular complexity index is 757. The van der Waals surface area contributed by atoms with Gasteiger partial charge in [-0.3, -0.25) is 0 Å². The highest BCUT2D eigenvalue weighted by Gasteiger charge is 2.06. The number of hydrogen-bond acceptors (Lipinski definition) is 4. The summed E-state index contributed by atoms with van der Waals surface area (Å²) in [5, 5.41) is 6.18. The number of aromatic nitrogens is 1. The maximum absolute atomic E-state index is 5.82. The molecule has 2 N–H and O–H groups in total. The highest BCUT2D eigenvalue weighted by atomic mass is 127. The number of ether oxygens (including phenoxy) is 2. The summed E-state index contributed by atoms with van der Waals surface area (Å²) in [5.74, 6) is 5.04. The van der Waals surface area contributed by atoms with Crippen LogP contribution < -0.4 is 20.1 Å². The number of para-hydroxylation sites is 2. The van der Waals surface area contributed by atoms with Crippen LogP contribution in [-0.2, 0) is 6.54 Å². The second-order valence-corrected chi connectivity index (χ2v) is 5.24. The van der Waals surface area contributed by atoms with Gasteiger partial charge in [-0.15, -0.1) is 30.4 Å². The maximum atomic E-state index is 5.82. The Balaban J connectivity index is 0.00000364. The van der Waals surface area contributed by atoms with Crippen molar-refractivity contribution in [2.75, 3.05) is 19.7 Å². The topological polar surface area (TPSA) is 67.8 Å². The molecule has 27 heavy (non-hydrogen) atoms. The molecule has 0 bridgehead atoms. The van der Waals surface area contributed by atoms with Crippen molar-refractivity contribution in [1.82, 2.24) is 15.6 Å². The molecule has 0 saturated carbocycles. The number of halogens is 1. The van der Waals surface area contributed by atoms with Crippen LogP contribution in [0.15, 0.2) is 47.6 Å². The van der Waals surface area contributed by atoms with Crippen molar-refractivity contribution in [3.63, 3.8) is 0 Å². The predicted octanol–water partition coefficient (Wildman–Crippen LogP) is 3.58. The minimum atomic E-state index is 0. The van der Waals surface area contributed by atoms with Crippen molar-refractivity contribution in [2.45, 2.75) is 20.4 Å². The molecule has 6 nitrogen and oxygen atoms in total. The lowest BCUT2D eigenvalue weighted by Crippen LogP contribution is -2.37. The first-order chi connectivity index (χ1) is 12.8. The number of aliphatic imine (C=N–C) groups is 1. The smallest absolute Gasteiger partial charge is 0.219 e. The van der Waals surface area contributed by atoms with Gasteiger partial charge >= 0.3 is 0 Å². The number of terminal acetylenes is 1. The van der Waals surface area contributed by atoms with Gasteiger partial charge in [-0.2, -0.15) is 0 Å². The molecular weight excluding hydrogens is 455 g/mol. The largest absolute Gasteiger partial charge is 0.490 e. The minimum absolute atomic E-state index is 0. The van der Waals surface area contributed by atoms with E-state index < -0.39 is 0 Å². The number of guanidine groups is 1. The maximum Gasteiger partial charge on any atom is 0.219 e. The molecule has 144 valence electrons. The number of nitrogens with zero attached hydrogens (tertiary/aromatic N) is 2. The Morgan fingerprint density at radius 1 is 1.15 bits per heavy atom. The molecule has 0 aliphatic carbocycles. The van der Waals surface area contributed by atoms with Crippen molar-refractivity contribution >= 4 is 29.9 Å². The normalized spacial score (nSPS) is 10.3. The summed E-state index contributed by atoms with van der Waals surface area (Å²) in [4.78, 5) is 8.81. The molecule has 0 atom stereocenters. The van der Waals surface area contributed by atoms with Crippen molar-refractivity contribution in [2.24, 2.45) is 4.99 Å². The molecule has 1 aromatic heterocycles. The predicted molar refractivity (Wildman–Crippen MR) is 119 cm³/mol. The number of benzene rings is 1. The van der Waals surface area contributed by atoms with Gasteiger partial charge in [0.05, 0.1) is 19.7 Å². The summed E-state index contributed by atoms with van der Waals surface area (Å²) >= 11 is 0. The van der Waals surface area contributed by atoms with Crippen molar-refractivity contribution in [1.29, 1.82) is 0 Å². The molecule has 0 spiro atoms. The van der Waals surface area contributed by atoms with Gasteiger partial charge in [0.1, 0.15) is 0 Å². The molecule has 0 fully saturated rings. The van der Waals surface area contributed by atoms with Gasteiger partial charge in [0.15, 0.2) is 17.5 Å². The van der Waals surface area contributed by atoms with Crippen LogP contribution in [0.25, 0.3) is 0 Å². The Kier molecular flexibility index (Phi) is 10.7. The van der Waals surface area contributed by atoms with E-state index in [1.807, 2.05) is 50.2 Å². The lowest BCUT2D eigenvalue weighted by Gasteiger charge is -2.11. The molecule has 0 saturated heterocycles. The molecule has 2 aromatic rings. The van der Waals surface area contributed by atoms with E-state index >= 15 is 0 Å². The first kappa shape index (κ1) is 22.6. The molecule has 0 radical (unpaired) electrons. The number of nitrogens with one attached hydrogen (secondary N) is 2. The van der Waals surface area contributed by atoms with E-state index in [1.54, 1.807) is 6.20 Å². The number of hydrogen-bond donors (Lipinski definition) is 2. The van der Waals surface area contributed by atoms with Gasteiger partial charge in [0.2, 0.25) is 5.88 Å². The molecular formula is C20H25IN4O2. The van der Waals surface area contributed by atoms with Crippen LogP contribution in [0.1, 0.15) is 19.4 Å². The second kappa shape index (κ2) is 12.8. The Morgan fingerprint density at radius 3 is 2.56 bits per heavy atom. The van der Waals surface area contributed by atoms with Crippen LogP contribution >= 0.6 is 24.0 Å². The van der Waals surface area contributed by atoms with E-state index in [0.717, 1.165) is 12.1 Å². The molecule has 2 rings (SSSR count). The van der Waals surface area contributed by atoms with Crippen LogP contribution in [0.2, 0.25) is 0 Å². The van der Waals surface area contributed by atoms with E-state index in [1.165, 1.54) is 0 Å². The van der Waals surface area contributed by atoms with Gasteiger partial charge in [-0.1, -0.05) is 24.1 Å². The van der Waals surface area contributed by atoms with Crippen LogP contribution in [-0.4, -0.2) is 30.6 Å². The fourth-order valence-electron chi connectivity index (χ4n) is 2.13. The zero-order valence-electron chi connectivity index (χ0n) is 15.6. The number of rotatable bonds is 8. The first-order valence-electron chi connectivity index (χ1n) is 8.57. The van der Waals surface area contributed by atoms with Crippen LogP contribution in [0.3, 0.4) is 0 Å². The molecule has 0 aliphatic heterocycles. The monoisotopic (exact) mass is 480 g/mol. The molecule has 1 heterocycles. The minimum Gasteiger partial charge on any atom is -0.490 e. The van der Waals surface area contributed by atoms with Crippen LogP contribution in [0.5, 0.6) is 17.4 Å². The van der Waals surface area contributed by atoms with Crippen LogP contribution in [0.4, 0.5) is 0 Å². The average Bonchev–Trinajstić information content (AvgIpc) is 2.67. The third kappa shape index (κ3) is 7.74. The van der Waals surface area contributed by atoms with Crippen molar-refractivity contribution < 1.29 is 9.47 Å². The molecule has 7 heteroatoms. The first-order valence-corrected chi connectivity index (χ1v) is 8.57. The van der Waals surface area contributed by atoms with Gasteiger partial charge < -0.3 is 20.1 Å². The van der Waals surface area contributed by atoms with Crippen molar-refractivity contribution in [3.8, 4) is 29.7 Å². The summed E-state index contributed by atoms with van der Waals surface area (Å²) in [6.45, 7) is 6.19. The third-order valence-corrected chi connectivity index (χ3v) is 3.28. The SMILES string of the molecule is C#CCNC(=NCc1ccc(Oc2ccccc2OCC)nc1)NCC.I. The number of pyridine rings is 1. The third-order valence-electron chi connectivity index (χ3n) is 3.28. The molecule has 0 unspecified atom stereocenters. The highest BCUT2D eigenvalue weighted by Crippen LogP contribution is 2.30. The zero-order valence-corrected chi connectivity index (χ0v) is 17.9. The van der Waals surface area contributed by atoms with Crippen molar-refractivity contribution in [3.05, 3.63) is 48.2 Å². The fourth-order valence-corrected chi connectivity index (χ4v) is 2.13. The van der Waals surface area contributed by atoms with Gasteiger partial charge in [0, 0.05) is 18.8 Å². The summed E-state index contributed by atoms with van der Waals surface area (Å²) in [6.07, 6.45) is 7.00. The Hall–Kier alpha value is -2.47.